The molecule has 0 N–H and O–H groups in total. The van der Waals surface area contributed by atoms with Gasteiger partial charge in [0.15, 0.2) is 26.6 Å². The third kappa shape index (κ3) is 7.74. The number of esters is 3. The van der Waals surface area contributed by atoms with Crippen molar-refractivity contribution >= 4 is 26.2 Å². The molecule has 1 fully saturated rings. The van der Waals surface area contributed by atoms with Crippen LogP contribution in [0.1, 0.15) is 41.5 Å². The van der Waals surface area contributed by atoms with Gasteiger partial charge in [0.05, 0.1) is 6.61 Å². The van der Waals surface area contributed by atoms with Gasteiger partial charge >= 0.3 is 17.9 Å². The van der Waals surface area contributed by atoms with Crippen LogP contribution in [0.2, 0.25) is 18.1 Å². The average molecular weight is 466 g/mol. The molecule has 0 saturated carbocycles. The van der Waals surface area contributed by atoms with Crippen LogP contribution in [-0.4, -0.2) is 68.6 Å². The van der Waals surface area contributed by atoms with Crippen LogP contribution < -0.4 is 0 Å². The summed E-state index contributed by atoms with van der Waals surface area (Å²) in [5, 5.41) is 9.70. The van der Waals surface area contributed by atoms with Crippen LogP contribution in [0.15, 0.2) is 0 Å². The van der Waals surface area contributed by atoms with Crippen LogP contribution in [0.4, 0.5) is 0 Å². The van der Waals surface area contributed by atoms with Crippen molar-refractivity contribution in [2.75, 3.05) is 6.61 Å². The van der Waals surface area contributed by atoms with Crippen LogP contribution in [-0.2, 0) is 42.6 Å². The average Bonchev–Trinajstić information content (AvgIpc) is 2.56. The Labute approximate surface area is 181 Å². The van der Waals surface area contributed by atoms with Gasteiger partial charge in [-0.2, -0.15) is 0 Å². The van der Waals surface area contributed by atoms with Gasteiger partial charge < -0.3 is 23.4 Å². The Bertz CT molecular complexity index is 690. The molecule has 0 aromatic heterocycles. The van der Waals surface area contributed by atoms with E-state index in [9.17, 15) is 24.5 Å². The van der Waals surface area contributed by atoms with Gasteiger partial charge in [-0.05, 0) is 18.1 Å². The van der Waals surface area contributed by atoms with Crippen molar-refractivity contribution in [1.29, 1.82) is 0 Å². The largest absolute Gasteiger partial charge is 0.456 e. The molecule has 5 atom stereocenters. The highest BCUT2D eigenvalue weighted by Crippen LogP contribution is 2.37. The Balaban J connectivity index is 3.34. The number of nitrogens with zero attached hydrogens (tertiary/aromatic N) is 1. The molecule has 31 heavy (non-hydrogen) atoms. The number of carbonyl (C=O) groups excluding carboxylic acids is 3. The van der Waals surface area contributed by atoms with E-state index in [-0.39, 0.29) is 11.6 Å². The Hall–Kier alpha value is -2.25. The lowest BCUT2D eigenvalue weighted by Crippen LogP contribution is -2.63. The van der Waals surface area contributed by atoms with E-state index in [1.165, 1.54) is 0 Å². The van der Waals surface area contributed by atoms with Gasteiger partial charge in [0.1, 0.15) is 6.10 Å². The Kier molecular flexibility index (Phi) is 8.96. The van der Waals surface area contributed by atoms with E-state index in [1.807, 2.05) is 33.9 Å². The Morgan fingerprint density at radius 1 is 0.935 bits per heavy atom. The molecule has 0 bridgehead atoms. The molecule has 12 nitrogen and oxygen atoms in total. The van der Waals surface area contributed by atoms with Crippen molar-refractivity contribution in [1.82, 2.24) is 0 Å². The van der Waals surface area contributed by atoms with E-state index in [0.29, 0.717) is 0 Å². The lowest BCUT2D eigenvalue weighted by atomic mass is 9.98. The fourth-order valence-electron chi connectivity index (χ4n) is 2.67. The van der Waals surface area contributed by atoms with Gasteiger partial charge in [0.2, 0.25) is 6.29 Å². The van der Waals surface area contributed by atoms with Crippen molar-refractivity contribution in [3.63, 3.8) is 0 Å². The summed E-state index contributed by atoms with van der Waals surface area (Å²) in [5.74, 6) is -2.34. The quantitative estimate of drug-likeness (QED) is 0.169. The summed E-state index contributed by atoms with van der Waals surface area (Å²) in [6.07, 6.45) is -7.07. The molecular weight excluding hydrogens is 434 g/mol. The molecule has 0 amide bonds. The predicted octanol–water partition coefficient (Wildman–Crippen LogP) is 1.74. The highest BCUT2D eigenvalue weighted by molar-refractivity contribution is 6.74. The predicted molar refractivity (Wildman–Crippen MR) is 107 cm³/mol. The second-order valence-corrected chi connectivity index (χ2v) is 13.5. The number of hydrogen-bond donors (Lipinski definition) is 0. The first-order chi connectivity index (χ1) is 14.0. The third-order valence-corrected chi connectivity index (χ3v) is 9.60. The smallest absolute Gasteiger partial charge is 0.303 e. The minimum absolute atomic E-state index is 0.128. The summed E-state index contributed by atoms with van der Waals surface area (Å²) < 4.78 is 27.4. The summed E-state index contributed by atoms with van der Waals surface area (Å²) in [4.78, 5) is 50.6. The summed E-state index contributed by atoms with van der Waals surface area (Å²) in [5.41, 5.74) is 0. The van der Waals surface area contributed by atoms with Gasteiger partial charge in [-0.15, -0.1) is 10.1 Å². The molecule has 0 aliphatic carbocycles. The topological polar surface area (TPSA) is 150 Å². The maximum Gasteiger partial charge on any atom is 0.303 e. The normalized spacial score (nSPS) is 26.5. The second-order valence-electron chi connectivity index (χ2n) is 8.67. The number of carbonyl (C=O) groups is 3. The zero-order valence-corrected chi connectivity index (χ0v) is 20.0. The maximum atomic E-state index is 11.7. The highest BCUT2D eigenvalue weighted by atomic mass is 28.4. The van der Waals surface area contributed by atoms with Crippen molar-refractivity contribution in [3.8, 4) is 0 Å². The number of rotatable bonds is 8. The van der Waals surface area contributed by atoms with Crippen LogP contribution in [0.5, 0.6) is 0 Å². The van der Waals surface area contributed by atoms with E-state index in [4.69, 9.17) is 23.4 Å². The van der Waals surface area contributed by atoms with E-state index in [0.717, 1.165) is 20.8 Å². The lowest BCUT2D eigenvalue weighted by Gasteiger charge is -2.45. The van der Waals surface area contributed by atoms with Crippen molar-refractivity contribution in [2.24, 2.45) is 0 Å². The minimum Gasteiger partial charge on any atom is -0.456 e. The fraction of sp³-hybridized carbons (Fsp3) is 0.833. The minimum atomic E-state index is -2.30. The van der Waals surface area contributed by atoms with Crippen LogP contribution in [0.3, 0.4) is 0 Å². The Morgan fingerprint density at radius 2 is 1.39 bits per heavy atom. The van der Waals surface area contributed by atoms with Gasteiger partial charge in [-0.1, -0.05) is 20.8 Å². The molecule has 13 heteroatoms. The molecule has 0 aromatic rings. The fourth-order valence-corrected chi connectivity index (χ4v) is 3.68. The zero-order chi connectivity index (χ0) is 24.1. The second kappa shape index (κ2) is 10.4. The zero-order valence-electron chi connectivity index (χ0n) is 19.0. The SMILES string of the molecule is CC(=O)O[C@@H]1[C@@H](OC(C)=O)[C@H](O[N+](=O)[O-])O[C@H](CO[Si](C)(C)C(C)(C)C)[C@H]1OC(C)=O. The first-order valence-electron chi connectivity index (χ1n) is 9.67. The molecule has 1 aliphatic rings. The first-order valence-corrected chi connectivity index (χ1v) is 12.6. The van der Waals surface area contributed by atoms with Gasteiger partial charge in [-0.25, -0.2) is 0 Å². The highest BCUT2D eigenvalue weighted by Gasteiger charge is 2.54. The third-order valence-electron chi connectivity index (χ3n) is 5.10. The van der Waals surface area contributed by atoms with E-state index >= 15 is 0 Å². The molecule has 0 aromatic carbocycles. The maximum absolute atomic E-state index is 11.7. The van der Waals surface area contributed by atoms with Crippen LogP contribution in [0, 0.1) is 10.1 Å². The number of hydrogen-bond acceptors (Lipinski definition) is 11. The van der Waals surface area contributed by atoms with E-state index < -0.39 is 62.0 Å². The van der Waals surface area contributed by atoms with Crippen LogP contribution in [0.25, 0.3) is 0 Å². The summed E-state index contributed by atoms with van der Waals surface area (Å²) in [6.45, 7) is 13.2. The molecule has 1 heterocycles. The van der Waals surface area contributed by atoms with Crippen molar-refractivity contribution < 1.29 is 47.7 Å². The number of ether oxygens (including phenoxy) is 4. The molecule has 1 rings (SSSR count). The van der Waals surface area contributed by atoms with E-state index in [1.54, 1.807) is 0 Å². The molecule has 0 spiro atoms. The molecule has 178 valence electrons. The summed E-state index contributed by atoms with van der Waals surface area (Å²) >= 11 is 0. The monoisotopic (exact) mass is 465 g/mol. The standard InChI is InChI=1S/C18H31NO11Si/c1-10(20)26-14-13(9-25-31(7,8)18(4,5)6)29-17(30-19(23)24)16(28-12(3)22)15(14)27-11(2)21/h13-17H,9H2,1-8H3/t13-,14-,15+,16-,17+/m1/s1. The molecular formula is C18H31NO11Si. The van der Waals surface area contributed by atoms with Crippen LogP contribution >= 0.6 is 0 Å². The lowest BCUT2D eigenvalue weighted by molar-refractivity contribution is -0.785. The summed E-state index contributed by atoms with van der Waals surface area (Å²) in [7, 11) is -2.30. The molecule has 1 saturated heterocycles. The Morgan fingerprint density at radius 3 is 1.81 bits per heavy atom. The molecule has 0 radical (unpaired) electrons. The molecule has 0 unspecified atom stereocenters. The van der Waals surface area contributed by atoms with Gasteiger partial charge in [-0.3, -0.25) is 19.2 Å². The van der Waals surface area contributed by atoms with Gasteiger partial charge in [0.25, 0.3) is 5.09 Å². The first kappa shape index (κ1) is 26.8. The van der Waals surface area contributed by atoms with E-state index in [2.05, 4.69) is 4.84 Å². The van der Waals surface area contributed by atoms with Gasteiger partial charge in [0, 0.05) is 20.8 Å². The van der Waals surface area contributed by atoms with Crippen molar-refractivity contribution in [2.45, 2.75) is 90.4 Å². The summed E-state index contributed by atoms with van der Waals surface area (Å²) in [6, 6.07) is 0. The van der Waals surface area contributed by atoms with Crippen molar-refractivity contribution in [3.05, 3.63) is 10.1 Å². The molecule has 1 aliphatic heterocycles.